The number of hydrogen-bond donors (Lipinski definition) is 1. The van der Waals surface area contributed by atoms with Crippen LogP contribution in [-0.4, -0.2) is 40.8 Å². The molecule has 1 N–H and O–H groups in total. The second-order valence-corrected chi connectivity index (χ2v) is 7.73. The third-order valence-corrected chi connectivity index (χ3v) is 4.66. The number of hydrogen-bond acceptors (Lipinski definition) is 4. The van der Waals surface area contributed by atoms with E-state index in [-0.39, 0.29) is 30.8 Å². The summed E-state index contributed by atoms with van der Waals surface area (Å²) in [6.45, 7) is 5.82. The molecule has 2 aliphatic rings. The first-order valence-corrected chi connectivity index (χ1v) is 8.82. The maximum Gasteiger partial charge on any atom is 0.410 e. The van der Waals surface area contributed by atoms with Crippen molar-refractivity contribution in [1.82, 2.24) is 10.2 Å². The average Bonchev–Trinajstić information content (AvgIpc) is 3.10. The molecule has 0 radical (unpaired) electrons. The number of ether oxygens (including phenoxy) is 2. The molecule has 0 aromatic heterocycles. The van der Waals surface area contributed by atoms with Gasteiger partial charge in [0.25, 0.3) is 0 Å². The Hall–Kier alpha value is -2.24. The number of alkyl carbamates (subject to hydrolysis) is 1. The first-order chi connectivity index (χ1) is 11.8. The summed E-state index contributed by atoms with van der Waals surface area (Å²) >= 11 is 0. The van der Waals surface area contributed by atoms with E-state index in [1.807, 2.05) is 51.1 Å². The number of carbonyl (C=O) groups is 2. The van der Waals surface area contributed by atoms with E-state index >= 15 is 0 Å². The fraction of sp³-hybridized carbons (Fsp3) is 0.579. The quantitative estimate of drug-likeness (QED) is 0.910. The van der Waals surface area contributed by atoms with Gasteiger partial charge < -0.3 is 19.7 Å². The Balaban J connectivity index is 1.52. The lowest BCUT2D eigenvalue weighted by atomic mass is 9.96. The van der Waals surface area contributed by atoms with Crippen LogP contribution in [0.1, 0.15) is 45.6 Å². The van der Waals surface area contributed by atoms with Crippen LogP contribution in [0.25, 0.3) is 0 Å². The van der Waals surface area contributed by atoms with E-state index < -0.39 is 11.7 Å². The van der Waals surface area contributed by atoms with Crippen molar-refractivity contribution in [3.05, 3.63) is 35.9 Å². The number of rotatable bonds is 3. The lowest BCUT2D eigenvalue weighted by Crippen LogP contribution is -2.46. The van der Waals surface area contributed by atoms with Gasteiger partial charge in [0.1, 0.15) is 12.2 Å². The Morgan fingerprint density at radius 3 is 2.60 bits per heavy atom. The van der Waals surface area contributed by atoms with Gasteiger partial charge in [-0.15, -0.1) is 0 Å². The fourth-order valence-electron chi connectivity index (χ4n) is 3.66. The van der Waals surface area contributed by atoms with E-state index in [0.717, 1.165) is 24.8 Å². The lowest BCUT2D eigenvalue weighted by molar-refractivity contribution is 0.0209. The van der Waals surface area contributed by atoms with E-state index in [4.69, 9.17) is 9.47 Å². The highest BCUT2D eigenvalue weighted by Crippen LogP contribution is 2.38. The molecule has 0 spiro atoms. The molecule has 2 aliphatic heterocycles. The Labute approximate surface area is 148 Å². The maximum absolute atomic E-state index is 12.4. The van der Waals surface area contributed by atoms with Crippen molar-refractivity contribution in [2.45, 2.75) is 70.4 Å². The zero-order valence-corrected chi connectivity index (χ0v) is 15.0. The minimum absolute atomic E-state index is 0.0101. The highest BCUT2D eigenvalue weighted by molar-refractivity contribution is 5.71. The predicted molar refractivity (Wildman–Crippen MR) is 93.1 cm³/mol. The molecule has 3 atom stereocenters. The van der Waals surface area contributed by atoms with E-state index in [2.05, 4.69) is 5.32 Å². The molecule has 2 saturated heterocycles. The lowest BCUT2D eigenvalue weighted by Gasteiger charge is -2.28. The maximum atomic E-state index is 12.4. The molecule has 0 saturated carbocycles. The molecule has 6 nitrogen and oxygen atoms in total. The number of amides is 2. The minimum Gasteiger partial charge on any atom is -0.445 e. The van der Waals surface area contributed by atoms with Gasteiger partial charge in [-0.25, -0.2) is 9.59 Å². The summed E-state index contributed by atoms with van der Waals surface area (Å²) in [5.41, 5.74) is 0.428. The third kappa shape index (κ3) is 4.24. The van der Waals surface area contributed by atoms with Crippen LogP contribution in [0.15, 0.2) is 30.3 Å². The van der Waals surface area contributed by atoms with Crippen molar-refractivity contribution in [2.75, 3.05) is 0 Å². The number of carbonyl (C=O) groups excluding carboxylic acids is 2. The summed E-state index contributed by atoms with van der Waals surface area (Å²) in [5.74, 6) is 0. The molecule has 1 aromatic rings. The van der Waals surface area contributed by atoms with Crippen molar-refractivity contribution >= 4 is 12.2 Å². The van der Waals surface area contributed by atoms with Crippen LogP contribution < -0.4 is 5.32 Å². The van der Waals surface area contributed by atoms with Gasteiger partial charge in [0, 0.05) is 6.04 Å². The van der Waals surface area contributed by atoms with E-state index in [0.29, 0.717) is 0 Å². The van der Waals surface area contributed by atoms with Crippen LogP contribution >= 0.6 is 0 Å². The second kappa shape index (κ2) is 6.94. The van der Waals surface area contributed by atoms with Gasteiger partial charge >= 0.3 is 12.2 Å². The SMILES string of the molecule is CC(C)(C)OC(=O)N1[C@@H]2CC[C@@H]1[C@@H](NC(=O)OCc1ccccc1)C2. The molecule has 0 unspecified atom stereocenters. The molecular formula is C19H26N2O4. The highest BCUT2D eigenvalue weighted by atomic mass is 16.6. The Bertz CT molecular complexity index is 626. The standard InChI is InChI=1S/C19H26N2O4/c1-19(2,3)25-18(23)21-14-9-10-16(21)15(11-14)20-17(22)24-12-13-7-5-4-6-8-13/h4-8,14-16H,9-12H2,1-3H3,(H,20,22)/t14-,15+,16-/m1/s1. The van der Waals surface area contributed by atoms with Crippen LogP contribution in [0.2, 0.25) is 0 Å². The first-order valence-electron chi connectivity index (χ1n) is 8.82. The van der Waals surface area contributed by atoms with Gasteiger partial charge in [0.05, 0.1) is 12.1 Å². The van der Waals surface area contributed by atoms with E-state index in [9.17, 15) is 9.59 Å². The number of benzene rings is 1. The largest absolute Gasteiger partial charge is 0.445 e. The topological polar surface area (TPSA) is 67.9 Å². The molecule has 2 heterocycles. The summed E-state index contributed by atoms with van der Waals surface area (Å²) in [6, 6.07) is 9.61. The summed E-state index contributed by atoms with van der Waals surface area (Å²) < 4.78 is 10.8. The molecule has 136 valence electrons. The first kappa shape index (κ1) is 17.6. The Morgan fingerprint density at radius 1 is 1.20 bits per heavy atom. The van der Waals surface area contributed by atoms with E-state index in [1.165, 1.54) is 0 Å². The summed E-state index contributed by atoms with van der Waals surface area (Å²) in [5, 5.41) is 2.92. The number of nitrogens with zero attached hydrogens (tertiary/aromatic N) is 1. The molecule has 1 aromatic carbocycles. The van der Waals surface area contributed by atoms with Crippen molar-refractivity contribution < 1.29 is 19.1 Å². The Morgan fingerprint density at radius 2 is 1.92 bits per heavy atom. The highest BCUT2D eigenvalue weighted by Gasteiger charge is 2.50. The van der Waals surface area contributed by atoms with Crippen molar-refractivity contribution in [3.63, 3.8) is 0 Å². The monoisotopic (exact) mass is 346 g/mol. The summed E-state index contributed by atoms with van der Waals surface area (Å²) in [6.07, 6.45) is 1.87. The molecule has 2 bridgehead atoms. The van der Waals surface area contributed by atoms with Crippen LogP contribution in [0.3, 0.4) is 0 Å². The van der Waals surface area contributed by atoms with Crippen LogP contribution in [0, 0.1) is 0 Å². The van der Waals surface area contributed by atoms with Gasteiger partial charge in [0.15, 0.2) is 0 Å². The molecule has 2 fully saturated rings. The Kier molecular flexibility index (Phi) is 4.88. The summed E-state index contributed by atoms with van der Waals surface area (Å²) in [4.78, 5) is 26.3. The fourth-order valence-corrected chi connectivity index (χ4v) is 3.66. The van der Waals surface area contributed by atoms with Gasteiger partial charge in [-0.1, -0.05) is 30.3 Å². The number of nitrogens with one attached hydrogen (secondary N) is 1. The van der Waals surface area contributed by atoms with Gasteiger partial charge in [0.2, 0.25) is 0 Å². The van der Waals surface area contributed by atoms with Crippen LogP contribution in [0.5, 0.6) is 0 Å². The van der Waals surface area contributed by atoms with Crippen LogP contribution in [-0.2, 0) is 16.1 Å². The van der Waals surface area contributed by atoms with Gasteiger partial charge in [-0.3, -0.25) is 0 Å². The van der Waals surface area contributed by atoms with Crippen molar-refractivity contribution in [2.24, 2.45) is 0 Å². The molecule has 3 rings (SSSR count). The molecule has 6 heteroatoms. The van der Waals surface area contributed by atoms with Crippen molar-refractivity contribution in [3.8, 4) is 0 Å². The zero-order chi connectivity index (χ0) is 18.0. The zero-order valence-electron chi connectivity index (χ0n) is 15.0. The molecular weight excluding hydrogens is 320 g/mol. The molecule has 0 aliphatic carbocycles. The normalized spacial score (nSPS) is 24.9. The smallest absolute Gasteiger partial charge is 0.410 e. The van der Waals surface area contributed by atoms with Gasteiger partial charge in [-0.05, 0) is 45.6 Å². The number of fused-ring (bicyclic) bond motifs is 2. The average molecular weight is 346 g/mol. The summed E-state index contributed by atoms with van der Waals surface area (Å²) in [7, 11) is 0. The van der Waals surface area contributed by atoms with E-state index in [1.54, 1.807) is 4.90 Å². The molecule has 2 amide bonds. The van der Waals surface area contributed by atoms with Gasteiger partial charge in [-0.2, -0.15) is 0 Å². The van der Waals surface area contributed by atoms with Crippen LogP contribution in [0.4, 0.5) is 9.59 Å². The predicted octanol–water partition coefficient (Wildman–Crippen LogP) is 3.45. The molecule has 25 heavy (non-hydrogen) atoms. The third-order valence-electron chi connectivity index (χ3n) is 4.66. The second-order valence-electron chi connectivity index (χ2n) is 7.73. The van der Waals surface area contributed by atoms with Crippen molar-refractivity contribution in [1.29, 1.82) is 0 Å². The minimum atomic E-state index is -0.517.